The molecule has 0 amide bonds. The molecule has 1 heterocycles. The predicted molar refractivity (Wildman–Crippen MR) is 99.5 cm³/mol. The van der Waals surface area contributed by atoms with Gasteiger partial charge in [0.15, 0.2) is 5.69 Å². The molecule has 0 N–H and O–H groups in total. The van der Waals surface area contributed by atoms with Gasteiger partial charge in [0.2, 0.25) is 5.88 Å². The normalized spacial score (nSPS) is 11.6. The number of halogens is 2. The van der Waals surface area contributed by atoms with Gasteiger partial charge < -0.3 is 9.47 Å². The number of alkyl halides is 2. The lowest BCUT2D eigenvalue weighted by molar-refractivity contribution is 0.0517. The van der Waals surface area contributed by atoms with E-state index in [2.05, 4.69) is 11.7 Å². The summed E-state index contributed by atoms with van der Waals surface area (Å²) in [6.07, 6.45) is -1.39. The van der Waals surface area contributed by atoms with Crippen molar-refractivity contribution in [1.82, 2.24) is 9.78 Å². The fraction of sp³-hybridized carbons (Fsp3) is 0.400. The number of hydrogen-bond acceptors (Lipinski definition) is 4. The average Bonchev–Trinajstić information content (AvgIpc) is 2.91. The summed E-state index contributed by atoms with van der Waals surface area (Å²) in [4.78, 5) is 12.2. The third-order valence-electron chi connectivity index (χ3n) is 3.92. The van der Waals surface area contributed by atoms with E-state index in [1.165, 1.54) is 16.8 Å². The highest BCUT2D eigenvalue weighted by molar-refractivity contribution is 5.89. The van der Waals surface area contributed by atoms with E-state index >= 15 is 0 Å². The van der Waals surface area contributed by atoms with E-state index in [9.17, 15) is 13.6 Å². The largest absolute Gasteiger partial charge is 0.461 e. The summed E-state index contributed by atoms with van der Waals surface area (Å²) >= 11 is 0. The molecule has 0 aliphatic heterocycles. The van der Waals surface area contributed by atoms with Gasteiger partial charge >= 0.3 is 5.97 Å². The summed E-state index contributed by atoms with van der Waals surface area (Å²) in [5.74, 6) is -0.378. The van der Waals surface area contributed by atoms with Crippen LogP contribution in [0.25, 0.3) is 6.08 Å². The van der Waals surface area contributed by atoms with E-state index in [0.29, 0.717) is 5.56 Å². The summed E-state index contributed by atoms with van der Waals surface area (Å²) in [6.45, 7) is 12.7. The average molecular weight is 378 g/mol. The number of esters is 1. The molecule has 27 heavy (non-hydrogen) atoms. The summed E-state index contributed by atoms with van der Waals surface area (Å²) in [6, 6.07) is 4.61. The van der Waals surface area contributed by atoms with Crippen LogP contribution in [0.1, 0.15) is 61.3 Å². The molecular formula is C20H24F2N2O3. The predicted octanol–water partition coefficient (Wildman–Crippen LogP) is 5.50. The van der Waals surface area contributed by atoms with Crippen LogP contribution in [0.15, 0.2) is 24.8 Å². The molecule has 1 aromatic heterocycles. The Morgan fingerprint density at radius 1 is 1.37 bits per heavy atom. The lowest BCUT2D eigenvalue weighted by atomic mass is 10.1. The SMILES string of the molecule is C=Cc1cccc(Oc2c(C)c(C(=O)OCC)nn2C(C)(C)C)c1C(F)F. The first-order chi connectivity index (χ1) is 12.6. The lowest BCUT2D eigenvalue weighted by Crippen LogP contribution is -2.24. The number of aromatic nitrogens is 2. The van der Waals surface area contributed by atoms with Crippen molar-refractivity contribution < 1.29 is 23.0 Å². The topological polar surface area (TPSA) is 53.4 Å². The maximum atomic E-state index is 13.6. The van der Waals surface area contributed by atoms with E-state index in [1.807, 2.05) is 20.8 Å². The van der Waals surface area contributed by atoms with Crippen molar-refractivity contribution in [3.8, 4) is 11.6 Å². The van der Waals surface area contributed by atoms with Gasteiger partial charge in [0, 0.05) is 5.56 Å². The number of carbonyl (C=O) groups is 1. The molecule has 0 aliphatic carbocycles. The maximum Gasteiger partial charge on any atom is 0.359 e. The molecule has 2 rings (SSSR count). The number of hydrogen-bond donors (Lipinski definition) is 0. The van der Waals surface area contributed by atoms with E-state index < -0.39 is 17.9 Å². The Hall–Kier alpha value is -2.70. The number of benzene rings is 1. The first-order valence-corrected chi connectivity index (χ1v) is 8.60. The maximum absolute atomic E-state index is 13.6. The fourth-order valence-electron chi connectivity index (χ4n) is 2.61. The minimum Gasteiger partial charge on any atom is -0.461 e. The van der Waals surface area contributed by atoms with Crippen molar-refractivity contribution in [3.63, 3.8) is 0 Å². The molecule has 146 valence electrons. The monoisotopic (exact) mass is 378 g/mol. The van der Waals surface area contributed by atoms with Gasteiger partial charge in [0.25, 0.3) is 6.43 Å². The quantitative estimate of drug-likeness (QED) is 0.623. The smallest absolute Gasteiger partial charge is 0.359 e. The third kappa shape index (κ3) is 4.18. The van der Waals surface area contributed by atoms with Crippen LogP contribution in [0, 0.1) is 6.92 Å². The van der Waals surface area contributed by atoms with Crippen molar-refractivity contribution in [3.05, 3.63) is 47.2 Å². The van der Waals surface area contributed by atoms with Crippen molar-refractivity contribution in [2.45, 2.75) is 46.6 Å². The Bertz CT molecular complexity index is 852. The van der Waals surface area contributed by atoms with Crippen LogP contribution in [0.3, 0.4) is 0 Å². The van der Waals surface area contributed by atoms with Gasteiger partial charge in [-0.25, -0.2) is 18.3 Å². The van der Waals surface area contributed by atoms with Crippen LogP contribution >= 0.6 is 0 Å². The summed E-state index contributed by atoms with van der Waals surface area (Å²) in [7, 11) is 0. The van der Waals surface area contributed by atoms with Crippen LogP contribution in [0.2, 0.25) is 0 Å². The Morgan fingerprint density at radius 2 is 2.04 bits per heavy atom. The number of carbonyl (C=O) groups excluding carboxylic acids is 1. The van der Waals surface area contributed by atoms with Gasteiger partial charge in [0.05, 0.1) is 17.7 Å². The van der Waals surface area contributed by atoms with E-state index in [1.54, 1.807) is 26.0 Å². The minimum atomic E-state index is -2.75. The first-order valence-electron chi connectivity index (χ1n) is 8.60. The second kappa shape index (κ2) is 7.90. The molecule has 0 saturated heterocycles. The van der Waals surface area contributed by atoms with E-state index in [4.69, 9.17) is 9.47 Å². The molecule has 0 spiro atoms. The fourth-order valence-corrected chi connectivity index (χ4v) is 2.61. The summed E-state index contributed by atoms with van der Waals surface area (Å²) in [5, 5.41) is 4.32. The molecule has 2 aromatic rings. The number of rotatable bonds is 6. The highest BCUT2D eigenvalue weighted by atomic mass is 19.3. The van der Waals surface area contributed by atoms with E-state index in [0.717, 1.165) is 0 Å². The first kappa shape index (κ1) is 20.6. The van der Waals surface area contributed by atoms with Crippen LogP contribution in [-0.2, 0) is 10.3 Å². The summed E-state index contributed by atoms with van der Waals surface area (Å²) in [5.41, 5.74) is -0.00187. The molecule has 0 radical (unpaired) electrons. The highest BCUT2D eigenvalue weighted by Gasteiger charge is 2.29. The molecule has 1 aromatic carbocycles. The zero-order chi connectivity index (χ0) is 20.4. The Balaban J connectivity index is 2.63. The van der Waals surface area contributed by atoms with Crippen molar-refractivity contribution in [2.24, 2.45) is 0 Å². The number of nitrogens with zero attached hydrogens (tertiary/aromatic N) is 2. The zero-order valence-electron chi connectivity index (χ0n) is 16.2. The van der Waals surface area contributed by atoms with Gasteiger partial charge in [0.1, 0.15) is 5.75 Å². The van der Waals surface area contributed by atoms with Crippen molar-refractivity contribution in [1.29, 1.82) is 0 Å². The van der Waals surface area contributed by atoms with Crippen molar-refractivity contribution in [2.75, 3.05) is 6.61 Å². The molecule has 5 nitrogen and oxygen atoms in total. The third-order valence-corrected chi connectivity index (χ3v) is 3.92. The van der Waals surface area contributed by atoms with Gasteiger partial charge in [-0.3, -0.25) is 0 Å². The molecule has 0 bridgehead atoms. The van der Waals surface area contributed by atoms with E-state index in [-0.39, 0.29) is 35.1 Å². The molecule has 7 heteroatoms. The second-order valence-corrected chi connectivity index (χ2v) is 6.95. The highest BCUT2D eigenvalue weighted by Crippen LogP contribution is 2.38. The van der Waals surface area contributed by atoms with Crippen molar-refractivity contribution >= 4 is 12.0 Å². The minimum absolute atomic E-state index is 0.00805. The van der Waals surface area contributed by atoms with Crippen LogP contribution in [0.5, 0.6) is 11.6 Å². The Morgan fingerprint density at radius 3 is 2.56 bits per heavy atom. The van der Waals surface area contributed by atoms with Gasteiger partial charge in [-0.15, -0.1) is 0 Å². The van der Waals surface area contributed by atoms with Gasteiger partial charge in [-0.1, -0.05) is 24.8 Å². The van der Waals surface area contributed by atoms with Gasteiger partial charge in [-0.2, -0.15) is 5.10 Å². The Labute approximate surface area is 157 Å². The van der Waals surface area contributed by atoms with Crippen LogP contribution in [-0.4, -0.2) is 22.4 Å². The zero-order valence-corrected chi connectivity index (χ0v) is 16.2. The molecule has 0 aliphatic rings. The Kier molecular flexibility index (Phi) is 6.03. The van der Waals surface area contributed by atoms with Crippen LogP contribution < -0.4 is 4.74 Å². The van der Waals surface area contributed by atoms with Crippen LogP contribution in [0.4, 0.5) is 8.78 Å². The molecular weight excluding hydrogens is 354 g/mol. The standard InChI is InChI=1S/C20H24F2N2O3/c1-7-13-10-9-11-14(15(13)17(21)22)27-18-12(3)16(19(25)26-8-2)23-24(18)20(4,5)6/h7,9-11,17H,1,8H2,2-6H3. The van der Waals surface area contributed by atoms with Gasteiger partial charge in [-0.05, 0) is 46.2 Å². The molecule has 0 unspecified atom stereocenters. The molecule has 0 saturated carbocycles. The molecule has 0 atom stereocenters. The second-order valence-electron chi connectivity index (χ2n) is 6.95. The summed E-state index contributed by atoms with van der Waals surface area (Å²) < 4.78 is 39.7. The molecule has 0 fully saturated rings. The number of ether oxygens (including phenoxy) is 2. The lowest BCUT2D eigenvalue weighted by Gasteiger charge is -2.23.